The number of aromatic amines is 1. The van der Waals surface area contributed by atoms with Crippen molar-refractivity contribution in [1.29, 1.82) is 0 Å². The maximum absolute atomic E-state index is 13.5. The molecule has 3 aromatic rings. The van der Waals surface area contributed by atoms with E-state index in [1.165, 1.54) is 7.11 Å². The first-order chi connectivity index (χ1) is 16.6. The van der Waals surface area contributed by atoms with Crippen LogP contribution in [-0.2, 0) is 24.7 Å². The second kappa shape index (κ2) is 8.30. The quantitative estimate of drug-likeness (QED) is 0.386. The van der Waals surface area contributed by atoms with Gasteiger partial charge in [-0.25, -0.2) is 4.79 Å². The predicted octanol–water partition coefficient (Wildman–Crippen LogP) is 4.44. The maximum atomic E-state index is 13.5. The van der Waals surface area contributed by atoms with Crippen LogP contribution in [0.3, 0.4) is 0 Å². The third-order valence-corrected chi connectivity index (χ3v) is 6.88. The Labute approximate surface area is 204 Å². The number of rotatable bonds is 7. The summed E-state index contributed by atoms with van der Waals surface area (Å²) in [5, 5.41) is 3.89. The number of anilines is 1. The fourth-order valence-corrected chi connectivity index (χ4v) is 4.97. The molecular weight excluding hydrogens is 448 g/mol. The van der Waals surface area contributed by atoms with Crippen LogP contribution in [0, 0.1) is 0 Å². The van der Waals surface area contributed by atoms with Gasteiger partial charge < -0.3 is 28.9 Å². The molecule has 1 aliphatic heterocycles. The first kappa shape index (κ1) is 23.2. The average molecular weight is 480 g/mol. The van der Waals surface area contributed by atoms with Crippen LogP contribution in [-0.4, -0.2) is 51.6 Å². The minimum absolute atomic E-state index is 0.105. The number of carbonyl (C=O) groups excluding carboxylic acids is 2. The molecule has 1 aliphatic carbocycles. The van der Waals surface area contributed by atoms with E-state index in [9.17, 15) is 9.59 Å². The van der Waals surface area contributed by atoms with Gasteiger partial charge in [-0.1, -0.05) is 6.07 Å². The van der Waals surface area contributed by atoms with Crippen molar-refractivity contribution in [3.63, 3.8) is 0 Å². The third kappa shape index (κ3) is 4.12. The minimum atomic E-state index is -0.615. The molecule has 184 valence electrons. The van der Waals surface area contributed by atoms with Crippen LogP contribution in [0.4, 0.5) is 5.69 Å². The monoisotopic (exact) mass is 479 g/mol. The number of esters is 1. The van der Waals surface area contributed by atoms with Gasteiger partial charge in [-0.2, -0.15) is 0 Å². The van der Waals surface area contributed by atoms with Gasteiger partial charge in [-0.15, -0.1) is 0 Å². The first-order valence-electron chi connectivity index (χ1n) is 11.6. The molecule has 0 atom stereocenters. The highest BCUT2D eigenvalue weighted by atomic mass is 16.7. The van der Waals surface area contributed by atoms with E-state index in [4.69, 9.17) is 14.2 Å². The highest BCUT2D eigenvalue weighted by Crippen LogP contribution is 2.51. The van der Waals surface area contributed by atoms with Crippen molar-refractivity contribution in [2.24, 2.45) is 0 Å². The van der Waals surface area contributed by atoms with Crippen LogP contribution >= 0.6 is 0 Å². The zero-order valence-corrected chi connectivity index (χ0v) is 20.7. The van der Waals surface area contributed by atoms with E-state index in [-0.39, 0.29) is 18.1 Å². The number of carbonyl (C=O) groups is 2. The molecule has 1 aromatic heterocycles. The number of H-pyrrole nitrogens is 1. The summed E-state index contributed by atoms with van der Waals surface area (Å²) in [6, 6.07) is 11.3. The second-order valence-electron chi connectivity index (χ2n) is 10.3. The number of aromatic nitrogens is 1. The zero-order chi connectivity index (χ0) is 25.0. The van der Waals surface area contributed by atoms with Crippen molar-refractivity contribution in [2.75, 3.05) is 40.0 Å². The van der Waals surface area contributed by atoms with Gasteiger partial charge in [-0.05, 0) is 62.6 Å². The van der Waals surface area contributed by atoms with Crippen LogP contribution in [0.1, 0.15) is 48.3 Å². The van der Waals surface area contributed by atoms with Gasteiger partial charge in [0.2, 0.25) is 12.7 Å². The number of fused-ring (bicyclic) bond motifs is 2. The Hall–Kier alpha value is -3.52. The summed E-state index contributed by atoms with van der Waals surface area (Å²) in [7, 11) is 5.26. The van der Waals surface area contributed by atoms with E-state index in [1.807, 2.05) is 44.6 Å². The van der Waals surface area contributed by atoms with Gasteiger partial charge in [0.15, 0.2) is 18.1 Å². The Morgan fingerprint density at radius 2 is 1.86 bits per heavy atom. The van der Waals surface area contributed by atoms with Crippen LogP contribution < -0.4 is 14.8 Å². The SMILES string of the molecule is COC(=O)c1cc(NC(=O)C2(c3ccc4c(c3)OCO4)CC2)cc2cc(C(C)(C)C[O+](C)C)[nH]c12. The molecule has 1 saturated carbocycles. The lowest BCUT2D eigenvalue weighted by Crippen LogP contribution is -2.28. The summed E-state index contributed by atoms with van der Waals surface area (Å²) < 4.78 is 18.9. The maximum Gasteiger partial charge on any atom is 0.340 e. The van der Waals surface area contributed by atoms with Crippen LogP contribution in [0.25, 0.3) is 10.9 Å². The minimum Gasteiger partial charge on any atom is -0.465 e. The molecule has 0 saturated heterocycles. The lowest BCUT2D eigenvalue weighted by atomic mass is 9.90. The molecule has 0 radical (unpaired) electrons. The summed E-state index contributed by atoms with van der Waals surface area (Å²) in [5.41, 5.74) is 2.70. The summed E-state index contributed by atoms with van der Waals surface area (Å²) in [5.74, 6) is 0.786. The van der Waals surface area contributed by atoms with Crippen molar-refractivity contribution < 1.29 is 28.2 Å². The van der Waals surface area contributed by atoms with Gasteiger partial charge in [-0.3, -0.25) is 4.79 Å². The van der Waals surface area contributed by atoms with E-state index in [2.05, 4.69) is 28.5 Å². The molecule has 8 nitrogen and oxygen atoms in total. The Morgan fingerprint density at radius 1 is 1.11 bits per heavy atom. The van der Waals surface area contributed by atoms with Crippen LogP contribution in [0.5, 0.6) is 11.5 Å². The highest BCUT2D eigenvalue weighted by Gasteiger charge is 2.51. The van der Waals surface area contributed by atoms with E-state index in [0.717, 1.165) is 36.1 Å². The second-order valence-corrected chi connectivity index (χ2v) is 10.3. The zero-order valence-electron chi connectivity index (χ0n) is 20.7. The Bertz CT molecular complexity index is 1320. The standard InChI is InChI=1S/C27H30N2O6/c1-26(2,14-35(4)5)22-11-16-10-18(13-19(23(16)29-22)24(30)32-3)28-25(31)27(8-9-27)17-6-7-20-21(12-17)34-15-33-20/h6-7,10-13H,8-9,14-15H2,1-5H3,(H-,28,29,30,31)/p+1. The van der Waals surface area contributed by atoms with Gasteiger partial charge in [0, 0.05) is 16.8 Å². The topological polar surface area (TPSA) is 92.3 Å². The molecule has 5 rings (SSSR count). The molecule has 0 unspecified atom stereocenters. The summed E-state index contributed by atoms with van der Waals surface area (Å²) >= 11 is 0. The third-order valence-electron chi connectivity index (χ3n) is 6.88. The number of benzene rings is 2. The fourth-order valence-electron chi connectivity index (χ4n) is 4.97. The fraction of sp³-hybridized carbons (Fsp3) is 0.407. The van der Waals surface area contributed by atoms with Gasteiger partial charge in [0.25, 0.3) is 0 Å². The molecular formula is C27H31N2O6+. The molecule has 2 N–H and O–H groups in total. The van der Waals surface area contributed by atoms with E-state index < -0.39 is 11.4 Å². The number of methoxy groups -OCH3 is 1. The molecule has 2 heterocycles. The lowest BCUT2D eigenvalue weighted by Gasteiger charge is -2.24. The van der Waals surface area contributed by atoms with E-state index >= 15 is 0 Å². The smallest absolute Gasteiger partial charge is 0.340 e. The van der Waals surface area contributed by atoms with Crippen molar-refractivity contribution >= 4 is 28.5 Å². The van der Waals surface area contributed by atoms with E-state index in [1.54, 1.807) is 6.07 Å². The highest BCUT2D eigenvalue weighted by molar-refractivity contribution is 6.08. The van der Waals surface area contributed by atoms with Crippen molar-refractivity contribution in [2.45, 2.75) is 37.5 Å². The largest absolute Gasteiger partial charge is 0.465 e. The Balaban J connectivity index is 1.48. The predicted molar refractivity (Wildman–Crippen MR) is 133 cm³/mol. The molecule has 35 heavy (non-hydrogen) atoms. The normalized spacial score (nSPS) is 15.9. The molecule has 0 spiro atoms. The number of nitrogens with one attached hydrogen (secondary N) is 2. The Morgan fingerprint density at radius 3 is 2.54 bits per heavy atom. The van der Waals surface area contributed by atoms with Gasteiger partial charge >= 0.3 is 5.97 Å². The number of hydrogen-bond donors (Lipinski definition) is 2. The number of ether oxygens (including phenoxy) is 3. The molecule has 8 heteroatoms. The van der Waals surface area contributed by atoms with E-state index in [0.29, 0.717) is 28.3 Å². The van der Waals surface area contributed by atoms with Crippen LogP contribution in [0.2, 0.25) is 0 Å². The number of hydrogen-bond acceptors (Lipinski definition) is 5. The first-order valence-corrected chi connectivity index (χ1v) is 11.6. The molecule has 2 aliphatic rings. The summed E-state index contributed by atoms with van der Waals surface area (Å²) in [4.78, 5) is 29.5. The summed E-state index contributed by atoms with van der Waals surface area (Å²) in [6.45, 7) is 5.20. The molecule has 0 bridgehead atoms. The molecule has 2 aromatic carbocycles. The van der Waals surface area contributed by atoms with Crippen molar-refractivity contribution in [3.8, 4) is 11.5 Å². The van der Waals surface area contributed by atoms with Crippen molar-refractivity contribution in [1.82, 2.24) is 4.98 Å². The van der Waals surface area contributed by atoms with Crippen molar-refractivity contribution in [3.05, 3.63) is 53.2 Å². The Kier molecular flexibility index (Phi) is 5.51. The van der Waals surface area contributed by atoms with Gasteiger partial charge in [0.05, 0.1) is 29.0 Å². The van der Waals surface area contributed by atoms with Crippen LogP contribution in [0.15, 0.2) is 36.4 Å². The molecule has 1 fully saturated rings. The van der Waals surface area contributed by atoms with Gasteiger partial charge in [0.1, 0.15) is 14.2 Å². The summed E-state index contributed by atoms with van der Waals surface area (Å²) in [6.07, 6.45) is 1.49. The average Bonchev–Trinajstić information content (AvgIpc) is 3.28. The molecule has 1 amide bonds. The number of amides is 1. The lowest BCUT2D eigenvalue weighted by molar-refractivity contribution is -0.118.